The third-order valence-electron chi connectivity index (χ3n) is 0.323. The third kappa shape index (κ3) is 5.42. The van der Waals surface area contributed by atoms with Crippen LogP contribution in [0.25, 0.3) is 0 Å². The van der Waals surface area contributed by atoms with Gasteiger partial charge in [-0.05, 0) is 0 Å². The summed E-state index contributed by atoms with van der Waals surface area (Å²) in [6.07, 6.45) is 1.82. The molecule has 0 bridgehead atoms. The van der Waals surface area contributed by atoms with E-state index in [1.54, 1.807) is 0 Å². The van der Waals surface area contributed by atoms with Crippen LogP contribution in [-0.4, -0.2) is 28.1 Å². The lowest BCUT2D eigenvalue weighted by Crippen LogP contribution is -1.99. The van der Waals surface area contributed by atoms with Crippen molar-refractivity contribution in [1.82, 2.24) is 0 Å². The van der Waals surface area contributed by atoms with Gasteiger partial charge in [0.25, 0.3) is 0 Å². The van der Waals surface area contributed by atoms with Crippen molar-refractivity contribution >= 4 is 16.5 Å². The Morgan fingerprint density at radius 3 is 2.25 bits per heavy atom. The first-order valence-corrected chi connectivity index (χ1v) is 3.67. The molecule has 48 valence electrons. The van der Waals surface area contributed by atoms with E-state index in [2.05, 4.69) is 9.18 Å². The van der Waals surface area contributed by atoms with E-state index in [9.17, 15) is 8.42 Å². The Morgan fingerprint density at radius 2 is 2.12 bits per heavy atom. The van der Waals surface area contributed by atoms with Crippen molar-refractivity contribution in [2.75, 3.05) is 13.3 Å². The Hall–Kier alpha value is -0.580. The van der Waals surface area contributed by atoms with Crippen LogP contribution in [-0.2, 0) is 14.3 Å². The lowest BCUT2D eigenvalue weighted by Gasteiger charge is -1.89. The summed E-state index contributed by atoms with van der Waals surface area (Å²) in [5.41, 5.74) is 0. The Labute approximate surface area is 48.3 Å². The van der Waals surface area contributed by atoms with Crippen molar-refractivity contribution in [2.24, 2.45) is 4.99 Å². The zero-order valence-electron chi connectivity index (χ0n) is 4.66. The predicted octanol–water partition coefficient (Wildman–Crippen LogP) is -0.379. The van der Waals surface area contributed by atoms with Crippen LogP contribution in [0.4, 0.5) is 0 Å². The molecule has 0 N–H and O–H groups in total. The van der Waals surface area contributed by atoms with Crippen molar-refractivity contribution in [3.05, 3.63) is 0 Å². The van der Waals surface area contributed by atoms with Gasteiger partial charge in [0.05, 0.1) is 6.26 Å². The molecule has 5 heteroatoms. The van der Waals surface area contributed by atoms with Crippen molar-refractivity contribution in [3.63, 3.8) is 0 Å². The Balaban J connectivity index is 3.76. The average molecular weight is 137 g/mol. The zero-order chi connectivity index (χ0) is 6.62. The lowest BCUT2D eigenvalue weighted by atomic mass is 11.4. The van der Waals surface area contributed by atoms with Crippen LogP contribution >= 0.6 is 0 Å². The molecule has 4 nitrogen and oxygen atoms in total. The first-order chi connectivity index (χ1) is 3.56. The highest BCUT2D eigenvalue weighted by atomic mass is 32.2. The Kier molecular flexibility index (Phi) is 2.47. The van der Waals surface area contributed by atoms with Gasteiger partial charge in [-0.15, -0.1) is 0 Å². The summed E-state index contributed by atoms with van der Waals surface area (Å²) >= 11 is 0. The van der Waals surface area contributed by atoms with E-state index in [1.165, 1.54) is 7.05 Å². The van der Waals surface area contributed by atoms with Gasteiger partial charge in [0.15, 0.2) is 6.40 Å². The maximum atomic E-state index is 10.1. The highest BCUT2D eigenvalue weighted by Crippen LogP contribution is 1.79. The van der Waals surface area contributed by atoms with Crippen molar-refractivity contribution in [2.45, 2.75) is 0 Å². The first-order valence-electron chi connectivity index (χ1n) is 1.85. The van der Waals surface area contributed by atoms with Gasteiger partial charge < -0.3 is 4.18 Å². The molecule has 0 saturated carbocycles. The molecule has 0 fully saturated rings. The molecule has 0 unspecified atom stereocenters. The van der Waals surface area contributed by atoms with Gasteiger partial charge in [0.2, 0.25) is 0 Å². The smallest absolute Gasteiger partial charge is 0.307 e. The monoisotopic (exact) mass is 137 g/mol. The fraction of sp³-hybridized carbons (Fsp3) is 0.667. The van der Waals surface area contributed by atoms with E-state index >= 15 is 0 Å². The van der Waals surface area contributed by atoms with Gasteiger partial charge in [-0.3, -0.25) is 4.99 Å². The number of hydrogen-bond donors (Lipinski definition) is 0. The molecule has 0 aliphatic rings. The molecule has 0 aromatic carbocycles. The molecule has 0 amide bonds. The van der Waals surface area contributed by atoms with Crippen LogP contribution in [0.5, 0.6) is 0 Å². The fourth-order valence-corrected chi connectivity index (χ4v) is 0.364. The minimum absolute atomic E-state index is 0.870. The van der Waals surface area contributed by atoms with Crippen LogP contribution in [0.1, 0.15) is 0 Å². The first kappa shape index (κ1) is 7.42. The normalized spacial score (nSPS) is 12.2. The second kappa shape index (κ2) is 2.66. The minimum atomic E-state index is -3.34. The summed E-state index contributed by atoms with van der Waals surface area (Å²) in [5, 5.41) is 0. The Morgan fingerprint density at radius 1 is 1.62 bits per heavy atom. The van der Waals surface area contributed by atoms with Gasteiger partial charge >= 0.3 is 10.1 Å². The molecule has 0 atom stereocenters. The van der Waals surface area contributed by atoms with Crippen LogP contribution < -0.4 is 0 Å². The number of rotatable bonds is 2. The van der Waals surface area contributed by atoms with Crippen LogP contribution in [0.15, 0.2) is 4.99 Å². The Bertz CT molecular complexity index is 169. The van der Waals surface area contributed by atoms with Crippen LogP contribution in [0.3, 0.4) is 0 Å². The quantitative estimate of drug-likeness (QED) is 0.296. The molecule has 0 radical (unpaired) electrons. The fourth-order valence-electron chi connectivity index (χ4n) is 0.121. The summed E-state index contributed by atoms with van der Waals surface area (Å²) in [6, 6.07) is 0. The highest BCUT2D eigenvalue weighted by molar-refractivity contribution is 7.86. The second-order valence-corrected chi connectivity index (χ2v) is 2.76. The summed E-state index contributed by atoms with van der Waals surface area (Å²) in [6.45, 7) is 0. The second-order valence-electron chi connectivity index (χ2n) is 1.16. The largest absolute Gasteiger partial charge is 0.370 e. The van der Waals surface area contributed by atoms with E-state index in [-0.39, 0.29) is 0 Å². The average Bonchev–Trinajstić information content (AvgIpc) is 1.59. The molecule has 0 aliphatic carbocycles. The molecule has 0 aliphatic heterocycles. The molecule has 0 rings (SSSR count). The summed E-state index contributed by atoms with van der Waals surface area (Å²) in [7, 11) is -1.91. The van der Waals surface area contributed by atoms with Crippen LogP contribution in [0.2, 0.25) is 0 Å². The molecule has 0 aromatic rings. The molecule has 0 heterocycles. The highest BCUT2D eigenvalue weighted by Gasteiger charge is 1.94. The van der Waals surface area contributed by atoms with Crippen molar-refractivity contribution in [1.29, 1.82) is 0 Å². The SMILES string of the molecule is CN=COS(C)(=O)=O. The third-order valence-corrected chi connectivity index (χ3v) is 0.759. The van der Waals surface area contributed by atoms with Gasteiger partial charge in [-0.25, -0.2) is 0 Å². The predicted molar refractivity (Wildman–Crippen MR) is 30.3 cm³/mol. The van der Waals surface area contributed by atoms with Gasteiger partial charge in [0.1, 0.15) is 0 Å². The molecule has 0 saturated heterocycles. The maximum absolute atomic E-state index is 10.1. The maximum Gasteiger partial charge on any atom is 0.307 e. The molecule has 0 aromatic heterocycles. The van der Waals surface area contributed by atoms with E-state index in [0.717, 1.165) is 12.7 Å². The standard InChI is InChI=1S/C3H7NO3S/c1-4-3-7-8(2,5)6/h3H,1-2H3. The number of aliphatic imine (C=N–C) groups is 1. The topological polar surface area (TPSA) is 55.7 Å². The zero-order valence-corrected chi connectivity index (χ0v) is 5.47. The summed E-state index contributed by atoms with van der Waals surface area (Å²) in [4.78, 5) is 3.29. The number of nitrogens with zero attached hydrogens (tertiary/aromatic N) is 1. The van der Waals surface area contributed by atoms with E-state index < -0.39 is 10.1 Å². The summed E-state index contributed by atoms with van der Waals surface area (Å²) < 4.78 is 24.2. The lowest BCUT2D eigenvalue weighted by molar-refractivity contribution is 0.498. The van der Waals surface area contributed by atoms with E-state index in [0.29, 0.717) is 0 Å². The molecular formula is C3H7NO3S. The summed E-state index contributed by atoms with van der Waals surface area (Å²) in [5.74, 6) is 0. The van der Waals surface area contributed by atoms with Gasteiger partial charge in [-0.1, -0.05) is 0 Å². The minimum Gasteiger partial charge on any atom is -0.370 e. The molecule has 0 spiro atoms. The van der Waals surface area contributed by atoms with Crippen molar-refractivity contribution < 1.29 is 12.6 Å². The molecule has 8 heavy (non-hydrogen) atoms. The van der Waals surface area contributed by atoms with Crippen LogP contribution in [0, 0.1) is 0 Å². The number of hydrogen-bond acceptors (Lipinski definition) is 4. The van der Waals surface area contributed by atoms with Crippen molar-refractivity contribution in [3.8, 4) is 0 Å². The molecular weight excluding hydrogens is 130 g/mol. The van der Waals surface area contributed by atoms with E-state index in [1.807, 2.05) is 0 Å². The van der Waals surface area contributed by atoms with E-state index in [4.69, 9.17) is 0 Å². The van der Waals surface area contributed by atoms with Gasteiger partial charge in [-0.2, -0.15) is 8.42 Å². The van der Waals surface area contributed by atoms with Gasteiger partial charge in [0, 0.05) is 7.05 Å².